The van der Waals surface area contributed by atoms with E-state index in [4.69, 9.17) is 0 Å². The average molecular weight is 381 g/mol. The number of carbonyl (C=O) groups excluding carboxylic acids is 1. The summed E-state index contributed by atoms with van der Waals surface area (Å²) in [5.74, 6) is 1.20. The zero-order chi connectivity index (χ0) is 18.6. The molecule has 1 aromatic heterocycles. The number of H-pyrrole nitrogens is 1. The topological polar surface area (TPSA) is 69.8 Å². The van der Waals surface area contributed by atoms with Gasteiger partial charge in [0, 0.05) is 23.9 Å². The van der Waals surface area contributed by atoms with Crippen molar-refractivity contribution in [2.75, 3.05) is 13.1 Å². The molecule has 1 aliphatic heterocycles. The van der Waals surface area contributed by atoms with Crippen LogP contribution in [0.4, 0.5) is 0 Å². The molecule has 2 heterocycles. The van der Waals surface area contributed by atoms with Crippen LogP contribution in [0.25, 0.3) is 11.0 Å². The normalized spacial score (nSPS) is 19.9. The standard InChI is InChI=1S/C21H24N4OS/c1-14-10-11-22-12-19(14)23-20(26)16-7-3-2-6-15(16)13-27-21-24-17-8-4-5-9-18(17)25-21/h2-9,14,19,22H,10-13H2,1H3,(H,23,26)(H,24,25). The van der Waals surface area contributed by atoms with E-state index in [0.717, 1.165) is 46.8 Å². The Morgan fingerprint density at radius 2 is 2.04 bits per heavy atom. The summed E-state index contributed by atoms with van der Waals surface area (Å²) in [5, 5.41) is 7.45. The minimum absolute atomic E-state index is 0.0105. The Hall–Kier alpha value is -2.31. The van der Waals surface area contributed by atoms with Crippen molar-refractivity contribution in [2.45, 2.75) is 30.3 Å². The lowest BCUT2D eigenvalue weighted by molar-refractivity contribution is 0.0914. The maximum absolute atomic E-state index is 12.9. The lowest BCUT2D eigenvalue weighted by Crippen LogP contribution is -2.50. The number of piperidine rings is 1. The Balaban J connectivity index is 1.46. The number of fused-ring (bicyclic) bond motifs is 1. The fourth-order valence-corrected chi connectivity index (χ4v) is 4.33. The Morgan fingerprint density at radius 1 is 1.22 bits per heavy atom. The van der Waals surface area contributed by atoms with Crippen LogP contribution in [0.15, 0.2) is 53.7 Å². The summed E-state index contributed by atoms with van der Waals surface area (Å²) in [4.78, 5) is 20.8. The molecule has 1 saturated heterocycles. The highest BCUT2D eigenvalue weighted by molar-refractivity contribution is 7.98. The van der Waals surface area contributed by atoms with E-state index in [9.17, 15) is 4.79 Å². The molecule has 6 heteroatoms. The molecule has 2 atom stereocenters. The van der Waals surface area contributed by atoms with Gasteiger partial charge in [0.2, 0.25) is 0 Å². The van der Waals surface area contributed by atoms with E-state index in [1.54, 1.807) is 11.8 Å². The van der Waals surface area contributed by atoms with E-state index in [0.29, 0.717) is 11.7 Å². The monoisotopic (exact) mass is 380 g/mol. The number of amides is 1. The number of aromatic amines is 1. The molecule has 0 saturated carbocycles. The molecule has 1 amide bonds. The molecule has 2 aromatic carbocycles. The number of nitrogens with zero attached hydrogens (tertiary/aromatic N) is 1. The van der Waals surface area contributed by atoms with Crippen molar-refractivity contribution in [3.63, 3.8) is 0 Å². The number of rotatable bonds is 5. The van der Waals surface area contributed by atoms with E-state index in [1.807, 2.05) is 48.5 Å². The second-order valence-electron chi connectivity index (χ2n) is 7.05. The molecule has 5 nitrogen and oxygen atoms in total. The lowest BCUT2D eigenvalue weighted by atomic mass is 9.94. The van der Waals surface area contributed by atoms with Crippen LogP contribution in [0.2, 0.25) is 0 Å². The molecule has 3 N–H and O–H groups in total. The summed E-state index contributed by atoms with van der Waals surface area (Å²) in [7, 11) is 0. The number of carbonyl (C=O) groups is 1. The quantitative estimate of drug-likeness (QED) is 0.592. The van der Waals surface area contributed by atoms with Crippen molar-refractivity contribution in [1.82, 2.24) is 20.6 Å². The number of thioether (sulfide) groups is 1. The summed E-state index contributed by atoms with van der Waals surface area (Å²) in [6.07, 6.45) is 1.09. The number of para-hydroxylation sites is 2. The van der Waals surface area contributed by atoms with E-state index in [-0.39, 0.29) is 11.9 Å². The predicted molar refractivity (Wildman–Crippen MR) is 110 cm³/mol. The largest absolute Gasteiger partial charge is 0.348 e. The van der Waals surface area contributed by atoms with Crippen molar-refractivity contribution in [1.29, 1.82) is 0 Å². The molecule has 0 spiro atoms. The van der Waals surface area contributed by atoms with Gasteiger partial charge < -0.3 is 15.6 Å². The van der Waals surface area contributed by atoms with Crippen LogP contribution in [-0.4, -0.2) is 35.0 Å². The molecule has 2 unspecified atom stereocenters. The van der Waals surface area contributed by atoms with Crippen molar-refractivity contribution >= 4 is 28.7 Å². The highest BCUT2D eigenvalue weighted by Crippen LogP contribution is 2.25. The summed E-state index contributed by atoms with van der Waals surface area (Å²) < 4.78 is 0. The van der Waals surface area contributed by atoms with Gasteiger partial charge in [-0.05, 0) is 42.6 Å². The van der Waals surface area contributed by atoms with Crippen LogP contribution < -0.4 is 10.6 Å². The summed E-state index contributed by atoms with van der Waals surface area (Å²) in [6.45, 7) is 4.07. The number of nitrogens with one attached hydrogen (secondary N) is 3. The molecule has 1 aliphatic rings. The first-order valence-corrected chi connectivity index (χ1v) is 10.4. The van der Waals surface area contributed by atoms with Crippen LogP contribution in [0.1, 0.15) is 29.3 Å². The average Bonchev–Trinajstić information content (AvgIpc) is 3.11. The highest BCUT2D eigenvalue weighted by Gasteiger charge is 2.23. The molecule has 140 valence electrons. The Bertz CT molecular complexity index is 906. The van der Waals surface area contributed by atoms with Crippen LogP contribution in [0.3, 0.4) is 0 Å². The lowest BCUT2D eigenvalue weighted by Gasteiger charge is -2.30. The second-order valence-corrected chi connectivity index (χ2v) is 8.02. The first-order valence-electron chi connectivity index (χ1n) is 9.38. The fourth-order valence-electron chi connectivity index (χ4n) is 3.44. The molecular weight excluding hydrogens is 356 g/mol. The molecule has 0 aliphatic carbocycles. The Morgan fingerprint density at radius 3 is 2.89 bits per heavy atom. The minimum atomic E-state index is 0.0105. The zero-order valence-corrected chi connectivity index (χ0v) is 16.2. The molecule has 3 aromatic rings. The van der Waals surface area contributed by atoms with Gasteiger partial charge in [0.1, 0.15) is 0 Å². The van der Waals surface area contributed by atoms with Crippen LogP contribution in [0, 0.1) is 5.92 Å². The van der Waals surface area contributed by atoms with E-state index in [1.165, 1.54) is 0 Å². The van der Waals surface area contributed by atoms with Gasteiger partial charge in [0.15, 0.2) is 5.16 Å². The van der Waals surface area contributed by atoms with Gasteiger partial charge >= 0.3 is 0 Å². The number of imidazole rings is 1. The Labute approximate surface area is 163 Å². The van der Waals surface area contributed by atoms with Gasteiger partial charge in [0.05, 0.1) is 11.0 Å². The highest BCUT2D eigenvalue weighted by atomic mass is 32.2. The third kappa shape index (κ3) is 4.17. The predicted octanol–water partition coefficient (Wildman–Crippen LogP) is 3.58. The fraction of sp³-hybridized carbons (Fsp3) is 0.333. The molecule has 1 fully saturated rings. The number of aromatic nitrogens is 2. The summed E-state index contributed by atoms with van der Waals surface area (Å²) in [6, 6.07) is 16.0. The van der Waals surface area contributed by atoms with Gasteiger partial charge in [-0.15, -0.1) is 0 Å². The molecule has 0 radical (unpaired) electrons. The minimum Gasteiger partial charge on any atom is -0.348 e. The van der Waals surface area contributed by atoms with Crippen molar-refractivity contribution in [3.05, 3.63) is 59.7 Å². The van der Waals surface area contributed by atoms with Gasteiger partial charge in [-0.3, -0.25) is 4.79 Å². The van der Waals surface area contributed by atoms with Gasteiger partial charge in [-0.2, -0.15) is 0 Å². The summed E-state index contributed by atoms with van der Waals surface area (Å²) in [5.41, 5.74) is 3.77. The molecule has 4 rings (SSSR count). The number of benzene rings is 2. The first-order chi connectivity index (χ1) is 13.2. The van der Waals surface area contributed by atoms with E-state index >= 15 is 0 Å². The van der Waals surface area contributed by atoms with Crippen LogP contribution >= 0.6 is 11.8 Å². The zero-order valence-electron chi connectivity index (χ0n) is 15.4. The van der Waals surface area contributed by atoms with Gasteiger partial charge in [0.25, 0.3) is 5.91 Å². The maximum atomic E-state index is 12.9. The van der Waals surface area contributed by atoms with Crippen molar-refractivity contribution < 1.29 is 4.79 Å². The molecular formula is C21H24N4OS. The summed E-state index contributed by atoms with van der Waals surface area (Å²) >= 11 is 1.62. The smallest absolute Gasteiger partial charge is 0.251 e. The van der Waals surface area contributed by atoms with E-state index in [2.05, 4.69) is 27.5 Å². The SMILES string of the molecule is CC1CCNCC1NC(=O)c1ccccc1CSc1nc2ccccc2[nH]1. The van der Waals surface area contributed by atoms with Gasteiger partial charge in [-0.1, -0.05) is 49.0 Å². The third-order valence-corrected chi connectivity index (χ3v) is 6.06. The van der Waals surface area contributed by atoms with Crippen molar-refractivity contribution in [3.8, 4) is 0 Å². The number of hydrogen-bond donors (Lipinski definition) is 3. The van der Waals surface area contributed by atoms with Gasteiger partial charge in [-0.25, -0.2) is 4.98 Å². The second kappa shape index (κ2) is 8.15. The Kier molecular flexibility index (Phi) is 5.45. The first kappa shape index (κ1) is 18.1. The molecule has 0 bridgehead atoms. The maximum Gasteiger partial charge on any atom is 0.251 e. The number of hydrogen-bond acceptors (Lipinski definition) is 4. The van der Waals surface area contributed by atoms with Crippen LogP contribution in [-0.2, 0) is 5.75 Å². The van der Waals surface area contributed by atoms with Crippen molar-refractivity contribution in [2.24, 2.45) is 5.92 Å². The molecule has 27 heavy (non-hydrogen) atoms. The third-order valence-electron chi connectivity index (χ3n) is 5.14. The van der Waals surface area contributed by atoms with E-state index < -0.39 is 0 Å². The van der Waals surface area contributed by atoms with Crippen LogP contribution in [0.5, 0.6) is 0 Å².